The number of sulfonamides is 1. The van der Waals surface area contributed by atoms with Gasteiger partial charge < -0.3 is 8.98 Å². The van der Waals surface area contributed by atoms with E-state index in [1.165, 1.54) is 6.26 Å². The molecule has 1 aliphatic rings. The van der Waals surface area contributed by atoms with Crippen molar-refractivity contribution in [3.05, 3.63) is 41.9 Å². The quantitative estimate of drug-likeness (QED) is 0.858. The van der Waals surface area contributed by atoms with E-state index < -0.39 is 10.0 Å². The van der Waals surface area contributed by atoms with Crippen molar-refractivity contribution in [2.24, 2.45) is 0 Å². The van der Waals surface area contributed by atoms with Gasteiger partial charge in [-0.25, -0.2) is 18.1 Å². The van der Waals surface area contributed by atoms with Crippen molar-refractivity contribution in [1.82, 2.24) is 19.2 Å². The van der Waals surface area contributed by atoms with Gasteiger partial charge in [0.15, 0.2) is 0 Å². The number of imidazole rings is 1. The summed E-state index contributed by atoms with van der Waals surface area (Å²) in [4.78, 5) is 6.54. The molecule has 2 aromatic rings. The Morgan fingerprint density at radius 3 is 2.96 bits per heavy atom. The fraction of sp³-hybridized carbons (Fsp3) is 0.533. The maximum absolute atomic E-state index is 11.2. The lowest BCUT2D eigenvalue weighted by atomic mass is 10.1. The molecule has 1 atom stereocenters. The molecule has 0 saturated carbocycles. The highest BCUT2D eigenvalue weighted by molar-refractivity contribution is 7.88. The van der Waals surface area contributed by atoms with Crippen LogP contribution in [0.5, 0.6) is 0 Å². The Hall–Kier alpha value is -1.64. The van der Waals surface area contributed by atoms with Gasteiger partial charge in [-0.1, -0.05) is 0 Å². The molecule has 2 aromatic heterocycles. The first-order chi connectivity index (χ1) is 10.9. The van der Waals surface area contributed by atoms with Crippen molar-refractivity contribution >= 4 is 10.0 Å². The van der Waals surface area contributed by atoms with Crippen molar-refractivity contribution < 1.29 is 12.8 Å². The molecule has 0 spiro atoms. The van der Waals surface area contributed by atoms with Crippen molar-refractivity contribution in [2.45, 2.75) is 32.5 Å². The summed E-state index contributed by atoms with van der Waals surface area (Å²) in [5.41, 5.74) is 1.14. The molecule has 0 saturated heterocycles. The van der Waals surface area contributed by atoms with Gasteiger partial charge in [-0.05, 0) is 25.5 Å². The first kappa shape index (κ1) is 16.2. The summed E-state index contributed by atoms with van der Waals surface area (Å²) in [6.45, 7) is 4.77. The van der Waals surface area contributed by atoms with Gasteiger partial charge in [-0.15, -0.1) is 0 Å². The third-order valence-corrected chi connectivity index (χ3v) is 4.74. The molecule has 1 unspecified atom stereocenters. The predicted molar refractivity (Wildman–Crippen MR) is 86.3 cm³/mol. The SMILES string of the molecule is Cc1ccc(CN2Cc3cncn3C(CCNS(C)(=O)=O)C2)o1. The fourth-order valence-corrected chi connectivity index (χ4v) is 3.50. The van der Waals surface area contributed by atoms with Gasteiger partial charge in [0, 0.05) is 31.9 Å². The van der Waals surface area contributed by atoms with E-state index in [-0.39, 0.29) is 6.04 Å². The number of aromatic nitrogens is 2. The van der Waals surface area contributed by atoms with Crippen molar-refractivity contribution in [3.63, 3.8) is 0 Å². The Morgan fingerprint density at radius 2 is 2.26 bits per heavy atom. The average Bonchev–Trinajstić information content (AvgIpc) is 3.06. The van der Waals surface area contributed by atoms with Crippen LogP contribution in [0.3, 0.4) is 0 Å². The number of hydrogen-bond donors (Lipinski definition) is 1. The lowest BCUT2D eigenvalue weighted by Gasteiger charge is -2.34. The van der Waals surface area contributed by atoms with Crippen LogP contribution in [0.25, 0.3) is 0 Å². The van der Waals surface area contributed by atoms with Crippen molar-refractivity contribution in [3.8, 4) is 0 Å². The number of fused-ring (bicyclic) bond motifs is 1. The predicted octanol–water partition coefficient (Wildman–Crippen LogP) is 1.28. The summed E-state index contributed by atoms with van der Waals surface area (Å²) >= 11 is 0. The molecule has 126 valence electrons. The zero-order valence-electron chi connectivity index (χ0n) is 13.4. The number of nitrogens with zero attached hydrogens (tertiary/aromatic N) is 3. The summed E-state index contributed by atoms with van der Waals surface area (Å²) in [7, 11) is -3.15. The Balaban J connectivity index is 1.67. The van der Waals surface area contributed by atoms with E-state index in [1.807, 2.05) is 31.6 Å². The zero-order chi connectivity index (χ0) is 16.4. The van der Waals surface area contributed by atoms with Gasteiger partial charge in [-0.3, -0.25) is 4.90 Å². The van der Waals surface area contributed by atoms with Crippen molar-refractivity contribution in [2.75, 3.05) is 19.3 Å². The summed E-state index contributed by atoms with van der Waals surface area (Å²) in [5, 5.41) is 0. The second-order valence-corrected chi connectivity index (χ2v) is 7.92. The van der Waals surface area contributed by atoms with Crippen LogP contribution < -0.4 is 4.72 Å². The number of furan rings is 1. The Bertz CT molecular complexity index is 765. The van der Waals surface area contributed by atoms with Gasteiger partial charge in [-0.2, -0.15) is 0 Å². The molecule has 0 radical (unpaired) electrons. The molecule has 23 heavy (non-hydrogen) atoms. The van der Waals surface area contributed by atoms with Crippen LogP contribution >= 0.6 is 0 Å². The smallest absolute Gasteiger partial charge is 0.208 e. The minimum atomic E-state index is -3.15. The third kappa shape index (κ3) is 4.21. The molecule has 3 rings (SSSR count). The summed E-state index contributed by atoms with van der Waals surface area (Å²) in [6.07, 6.45) is 5.61. The molecule has 0 bridgehead atoms. The van der Waals surface area contributed by atoms with E-state index in [9.17, 15) is 8.42 Å². The lowest BCUT2D eigenvalue weighted by Crippen LogP contribution is -2.38. The van der Waals surface area contributed by atoms with E-state index >= 15 is 0 Å². The summed E-state index contributed by atoms with van der Waals surface area (Å²) < 4.78 is 32.8. The minimum Gasteiger partial charge on any atom is -0.465 e. The number of rotatable bonds is 6. The molecule has 1 N–H and O–H groups in total. The van der Waals surface area contributed by atoms with Crippen LogP contribution in [0, 0.1) is 6.92 Å². The molecular weight excluding hydrogens is 316 g/mol. The summed E-state index contributed by atoms with van der Waals surface area (Å²) in [6, 6.07) is 4.17. The maximum atomic E-state index is 11.2. The van der Waals surface area contributed by atoms with Crippen LogP contribution in [0.15, 0.2) is 29.1 Å². The van der Waals surface area contributed by atoms with E-state index in [2.05, 4.69) is 19.2 Å². The van der Waals surface area contributed by atoms with Crippen LogP contribution in [-0.4, -0.2) is 42.2 Å². The minimum absolute atomic E-state index is 0.201. The second-order valence-electron chi connectivity index (χ2n) is 6.08. The molecule has 1 aliphatic heterocycles. The Morgan fingerprint density at radius 1 is 1.43 bits per heavy atom. The Kier molecular flexibility index (Phi) is 4.56. The molecule has 0 aliphatic carbocycles. The highest BCUT2D eigenvalue weighted by Crippen LogP contribution is 2.25. The third-order valence-electron chi connectivity index (χ3n) is 4.01. The van der Waals surface area contributed by atoms with E-state index in [4.69, 9.17) is 4.42 Å². The molecule has 7 nitrogen and oxygen atoms in total. The Labute approximate surface area is 136 Å². The molecule has 0 fully saturated rings. The molecule has 0 amide bonds. The van der Waals surface area contributed by atoms with Crippen molar-refractivity contribution in [1.29, 1.82) is 0 Å². The first-order valence-corrected chi connectivity index (χ1v) is 9.53. The van der Waals surface area contributed by atoms with Gasteiger partial charge >= 0.3 is 0 Å². The number of hydrogen-bond acceptors (Lipinski definition) is 5. The second kappa shape index (κ2) is 6.46. The average molecular weight is 338 g/mol. The largest absolute Gasteiger partial charge is 0.465 e. The first-order valence-electron chi connectivity index (χ1n) is 7.64. The number of nitrogens with one attached hydrogen (secondary N) is 1. The topological polar surface area (TPSA) is 80.4 Å². The highest BCUT2D eigenvalue weighted by Gasteiger charge is 2.25. The maximum Gasteiger partial charge on any atom is 0.208 e. The summed E-state index contributed by atoms with van der Waals surface area (Å²) in [5.74, 6) is 1.86. The normalized spacial score (nSPS) is 19.0. The van der Waals surface area contributed by atoms with Crippen LogP contribution in [0.1, 0.15) is 29.7 Å². The molecule has 8 heteroatoms. The van der Waals surface area contributed by atoms with Gasteiger partial charge in [0.25, 0.3) is 0 Å². The molecule has 0 aromatic carbocycles. The molecule has 3 heterocycles. The highest BCUT2D eigenvalue weighted by atomic mass is 32.2. The van der Waals surface area contributed by atoms with Gasteiger partial charge in [0.1, 0.15) is 11.5 Å². The fourth-order valence-electron chi connectivity index (χ4n) is 3.02. The van der Waals surface area contributed by atoms with Crippen LogP contribution in [-0.2, 0) is 23.1 Å². The van der Waals surface area contributed by atoms with Crippen LogP contribution in [0.2, 0.25) is 0 Å². The van der Waals surface area contributed by atoms with Crippen LogP contribution in [0.4, 0.5) is 0 Å². The van der Waals surface area contributed by atoms with E-state index in [1.54, 1.807) is 0 Å². The lowest BCUT2D eigenvalue weighted by molar-refractivity contribution is 0.160. The molecular formula is C15H22N4O3S. The van der Waals surface area contributed by atoms with Gasteiger partial charge in [0.05, 0.1) is 24.8 Å². The standard InChI is InChI=1S/C15H22N4O3S/c1-12-3-4-15(22-12)10-18-8-13(5-6-17-23(2,20)21)19-11-16-7-14(19)9-18/h3-4,7,11,13,17H,5-6,8-10H2,1-2H3. The van der Waals surface area contributed by atoms with Gasteiger partial charge in [0.2, 0.25) is 10.0 Å². The monoisotopic (exact) mass is 338 g/mol. The van der Waals surface area contributed by atoms with E-state index in [0.717, 1.165) is 43.3 Å². The number of aryl methyl sites for hydroxylation is 1. The van der Waals surface area contributed by atoms with E-state index in [0.29, 0.717) is 6.54 Å². The zero-order valence-corrected chi connectivity index (χ0v) is 14.2.